The third-order valence-electron chi connectivity index (χ3n) is 5.49. The number of hydrogen-bond acceptors (Lipinski definition) is 2. The van der Waals surface area contributed by atoms with E-state index in [-0.39, 0.29) is 5.92 Å². The number of rotatable bonds is 8. The van der Waals surface area contributed by atoms with Crippen molar-refractivity contribution in [2.45, 2.75) is 35.1 Å². The van der Waals surface area contributed by atoms with Gasteiger partial charge in [-0.05, 0) is 0 Å². The van der Waals surface area contributed by atoms with Crippen LogP contribution in [0.5, 0.6) is 0 Å². The van der Waals surface area contributed by atoms with Gasteiger partial charge in [0.15, 0.2) is 0 Å². The Bertz CT molecular complexity index is 1080. The van der Waals surface area contributed by atoms with Crippen LogP contribution >= 0.6 is 23.2 Å². The van der Waals surface area contributed by atoms with Gasteiger partial charge in [0.2, 0.25) is 0 Å². The maximum absolute atomic E-state index is 9.74. The molecule has 3 rings (SSSR count). The van der Waals surface area contributed by atoms with Gasteiger partial charge in [-0.15, -0.1) is 0 Å². The van der Waals surface area contributed by atoms with Crippen LogP contribution in [-0.4, -0.2) is 15.8 Å². The van der Waals surface area contributed by atoms with Crippen LogP contribution in [0.25, 0.3) is 0 Å². The van der Waals surface area contributed by atoms with Gasteiger partial charge in [-0.3, -0.25) is 0 Å². The molecule has 156 valence electrons. The molecule has 3 aromatic carbocycles. The van der Waals surface area contributed by atoms with Crippen molar-refractivity contribution in [1.29, 1.82) is 10.5 Å². The van der Waals surface area contributed by atoms with E-state index in [1.807, 2.05) is 54.6 Å². The predicted molar refractivity (Wildman–Crippen MR) is 130 cm³/mol. The Balaban J connectivity index is 1.80. The molecule has 0 saturated carbocycles. The van der Waals surface area contributed by atoms with Crippen LogP contribution in [0, 0.1) is 22.7 Å². The van der Waals surface area contributed by atoms with Crippen LogP contribution in [0.3, 0.4) is 0 Å². The Labute approximate surface area is 201 Å². The minimum absolute atomic E-state index is 0.110. The molecule has 0 fully saturated rings. The fourth-order valence-electron chi connectivity index (χ4n) is 3.68. The predicted octanol–water partition coefficient (Wildman–Crippen LogP) is 7.16. The Kier molecular flexibility index (Phi) is 8.63. The van der Waals surface area contributed by atoms with Gasteiger partial charge in [-0.1, -0.05) is 0 Å². The summed E-state index contributed by atoms with van der Waals surface area (Å²) in [5, 5.41) is 21.4. The topological polar surface area (TPSA) is 47.6 Å². The van der Waals surface area contributed by atoms with Crippen LogP contribution in [0.15, 0.2) is 72.8 Å². The third kappa shape index (κ3) is 6.63. The second-order valence-corrected chi connectivity index (χ2v) is 12.1. The van der Waals surface area contributed by atoms with E-state index in [4.69, 9.17) is 23.2 Å². The summed E-state index contributed by atoms with van der Waals surface area (Å²) in [5.74, 6) is 0.181. The van der Waals surface area contributed by atoms with E-state index < -0.39 is 15.8 Å². The van der Waals surface area contributed by atoms with Crippen molar-refractivity contribution in [2.24, 2.45) is 0 Å². The number of nitriles is 2. The SMILES string of the molecule is C[C@H]([AsH]CC(C#N)c1ccc(Cl)cc1)[C@@H](Cc1ccc(Cl)cc1)c1cccc(C#N)c1. The van der Waals surface area contributed by atoms with Crippen molar-refractivity contribution in [1.82, 2.24) is 0 Å². The van der Waals surface area contributed by atoms with Crippen molar-refractivity contribution in [3.63, 3.8) is 0 Å². The molecular weight excluding hydrogens is 486 g/mol. The number of hydrogen-bond donors (Lipinski definition) is 0. The quantitative estimate of drug-likeness (QED) is 0.303. The fraction of sp³-hybridized carbons (Fsp3) is 0.231. The summed E-state index contributed by atoms with van der Waals surface area (Å²) in [6.07, 6.45) is 0.884. The molecule has 0 aromatic heterocycles. The first-order valence-corrected chi connectivity index (χ1v) is 13.6. The third-order valence-corrected chi connectivity index (χ3v) is 9.54. The molecule has 0 N–H and O–H groups in total. The summed E-state index contributed by atoms with van der Waals surface area (Å²) in [6.45, 7) is 2.29. The van der Waals surface area contributed by atoms with Crippen molar-refractivity contribution in [3.05, 3.63) is 105 Å². The van der Waals surface area contributed by atoms with Gasteiger partial charge in [0, 0.05) is 0 Å². The molecule has 3 aromatic rings. The summed E-state index contributed by atoms with van der Waals surface area (Å²) in [5.41, 5.74) is 4.13. The molecule has 0 saturated heterocycles. The first kappa shape index (κ1) is 23.4. The Morgan fingerprint density at radius 3 is 2.13 bits per heavy atom. The molecule has 31 heavy (non-hydrogen) atoms. The number of halogens is 2. The molecule has 0 amide bonds. The van der Waals surface area contributed by atoms with Gasteiger partial charge in [-0.25, -0.2) is 0 Å². The average Bonchev–Trinajstić information content (AvgIpc) is 2.80. The first-order valence-electron chi connectivity index (χ1n) is 10.1. The monoisotopic (exact) mass is 508 g/mol. The summed E-state index contributed by atoms with van der Waals surface area (Å²) in [6, 6.07) is 28.2. The minimum atomic E-state index is -0.427. The van der Waals surface area contributed by atoms with Crippen molar-refractivity contribution in [2.75, 3.05) is 0 Å². The first-order chi connectivity index (χ1) is 15.0. The van der Waals surface area contributed by atoms with Crippen molar-refractivity contribution < 1.29 is 0 Å². The normalized spacial score (nSPS) is 14.0. The molecule has 5 heteroatoms. The van der Waals surface area contributed by atoms with Gasteiger partial charge in [0.05, 0.1) is 0 Å². The summed E-state index contributed by atoms with van der Waals surface area (Å²) < 4.78 is 0.452. The molecule has 0 heterocycles. The zero-order valence-electron chi connectivity index (χ0n) is 17.2. The summed E-state index contributed by atoms with van der Waals surface area (Å²) in [4.78, 5) is 0. The van der Waals surface area contributed by atoms with Gasteiger partial charge >= 0.3 is 202 Å². The van der Waals surface area contributed by atoms with E-state index in [0.29, 0.717) is 21.2 Å². The standard InChI is InChI=1S/C26H23AsCl2N2/c1-18(27-15-23(17-31)21-7-11-25(29)12-8-21)26(14-19-5-9-24(28)10-6-19)22-4-2-3-20(13-22)16-30/h2-13,18,23,26-27H,14-15H2,1H3/t18-,23?,26+/m0/s1. The fourth-order valence-corrected chi connectivity index (χ4v) is 7.14. The zero-order chi connectivity index (χ0) is 22.2. The van der Waals surface area contributed by atoms with Gasteiger partial charge in [0.1, 0.15) is 0 Å². The molecule has 0 aliphatic rings. The van der Waals surface area contributed by atoms with Crippen LogP contribution in [0.4, 0.5) is 0 Å². The van der Waals surface area contributed by atoms with E-state index in [0.717, 1.165) is 22.2 Å². The maximum atomic E-state index is 9.74. The van der Waals surface area contributed by atoms with E-state index in [9.17, 15) is 10.5 Å². The van der Waals surface area contributed by atoms with Crippen LogP contribution in [-0.2, 0) is 6.42 Å². The average molecular weight is 509 g/mol. The Hall–Kier alpha value is -2.22. The van der Waals surface area contributed by atoms with E-state index in [1.165, 1.54) is 11.1 Å². The van der Waals surface area contributed by atoms with Crippen LogP contribution in [0.1, 0.15) is 41.0 Å². The molecule has 4 atom stereocenters. The van der Waals surface area contributed by atoms with E-state index in [2.05, 4.69) is 37.3 Å². The Morgan fingerprint density at radius 2 is 1.52 bits per heavy atom. The van der Waals surface area contributed by atoms with Crippen molar-refractivity contribution >= 4 is 39.0 Å². The number of nitrogens with zero attached hydrogens (tertiary/aromatic N) is 2. The summed E-state index contributed by atoms with van der Waals surface area (Å²) in [7, 11) is 0. The second-order valence-electron chi connectivity index (χ2n) is 7.60. The van der Waals surface area contributed by atoms with Gasteiger partial charge in [0.25, 0.3) is 0 Å². The zero-order valence-corrected chi connectivity index (χ0v) is 20.8. The molecule has 0 bridgehead atoms. The number of benzene rings is 3. The van der Waals surface area contributed by atoms with E-state index in [1.54, 1.807) is 0 Å². The summed E-state index contributed by atoms with van der Waals surface area (Å²) >= 11 is 11.6. The molecular formula is C26H23AsCl2N2. The van der Waals surface area contributed by atoms with E-state index >= 15 is 0 Å². The molecule has 2 unspecified atom stereocenters. The van der Waals surface area contributed by atoms with Gasteiger partial charge in [-0.2, -0.15) is 0 Å². The van der Waals surface area contributed by atoms with Gasteiger partial charge < -0.3 is 0 Å². The molecule has 0 aliphatic carbocycles. The van der Waals surface area contributed by atoms with Crippen LogP contribution in [0.2, 0.25) is 20.0 Å². The molecule has 2 nitrogen and oxygen atoms in total. The second kappa shape index (κ2) is 11.4. The molecule has 0 spiro atoms. The van der Waals surface area contributed by atoms with Crippen molar-refractivity contribution in [3.8, 4) is 12.1 Å². The molecule has 0 aliphatic heterocycles. The molecule has 0 radical (unpaired) electrons. The Morgan fingerprint density at radius 1 is 0.871 bits per heavy atom. The van der Waals surface area contributed by atoms with Crippen LogP contribution < -0.4 is 0 Å².